The molecule has 1 saturated heterocycles. The minimum Gasteiger partial charge on any atom is -0.405 e. The summed E-state index contributed by atoms with van der Waals surface area (Å²) < 4.78 is 41.5. The van der Waals surface area contributed by atoms with Gasteiger partial charge in [-0.25, -0.2) is 0 Å². The fourth-order valence-electron chi connectivity index (χ4n) is 2.93. The third kappa shape index (κ3) is 6.30. The summed E-state index contributed by atoms with van der Waals surface area (Å²) in [5.41, 5.74) is 0.496. The van der Waals surface area contributed by atoms with E-state index in [0.717, 1.165) is 38.9 Å². The number of nitrogens with one attached hydrogen (secondary N) is 1. The average Bonchev–Trinajstić information content (AvgIpc) is 2.52. The third-order valence-electron chi connectivity index (χ3n) is 4.27. The number of ether oxygens (including phenoxy) is 1. The van der Waals surface area contributed by atoms with E-state index in [0.29, 0.717) is 12.1 Å². The van der Waals surface area contributed by atoms with Crippen LogP contribution in [0.4, 0.5) is 13.2 Å². The molecule has 0 saturated carbocycles. The number of nitrogens with zero attached hydrogens (tertiary/aromatic N) is 1. The molecule has 1 fully saturated rings. The average molecular weight is 346 g/mol. The van der Waals surface area contributed by atoms with Crippen molar-refractivity contribution in [1.82, 2.24) is 10.2 Å². The Hall–Kier alpha value is -1.31. The summed E-state index contributed by atoms with van der Waals surface area (Å²) in [4.78, 5) is 2.31. The van der Waals surface area contributed by atoms with E-state index in [1.165, 1.54) is 12.1 Å². The number of likely N-dealkylation sites (tertiary alicyclic amines) is 1. The summed E-state index contributed by atoms with van der Waals surface area (Å²) in [5, 5.41) is 12.7. The zero-order chi connectivity index (χ0) is 17.6. The molecule has 136 valence electrons. The minimum atomic E-state index is -4.69. The highest BCUT2D eigenvalue weighted by Crippen LogP contribution is 2.30. The van der Waals surface area contributed by atoms with Crippen molar-refractivity contribution >= 4 is 0 Å². The van der Waals surface area contributed by atoms with E-state index >= 15 is 0 Å². The minimum absolute atomic E-state index is 0.157. The largest absolute Gasteiger partial charge is 0.573 e. The topological polar surface area (TPSA) is 44.7 Å². The van der Waals surface area contributed by atoms with Gasteiger partial charge in [0.05, 0.1) is 6.10 Å². The van der Waals surface area contributed by atoms with Crippen molar-refractivity contribution < 1.29 is 23.0 Å². The molecule has 2 N–H and O–H groups in total. The summed E-state index contributed by atoms with van der Waals surface area (Å²) in [6, 6.07) is 5.98. The van der Waals surface area contributed by atoms with Crippen LogP contribution in [-0.2, 0) is 0 Å². The van der Waals surface area contributed by atoms with Gasteiger partial charge in [0.25, 0.3) is 0 Å². The third-order valence-corrected chi connectivity index (χ3v) is 4.27. The normalized spacial score (nSPS) is 18.5. The Kier molecular flexibility index (Phi) is 6.89. The molecule has 0 bridgehead atoms. The molecular formula is C17H25F3N2O2. The van der Waals surface area contributed by atoms with Crippen LogP contribution in [0.1, 0.15) is 37.8 Å². The quantitative estimate of drug-likeness (QED) is 0.745. The smallest absolute Gasteiger partial charge is 0.405 e. The van der Waals surface area contributed by atoms with E-state index in [-0.39, 0.29) is 17.9 Å². The molecule has 24 heavy (non-hydrogen) atoms. The Morgan fingerprint density at radius 3 is 2.62 bits per heavy atom. The van der Waals surface area contributed by atoms with E-state index < -0.39 is 6.36 Å². The highest BCUT2D eigenvalue weighted by Gasteiger charge is 2.32. The van der Waals surface area contributed by atoms with E-state index in [2.05, 4.69) is 15.0 Å². The first-order chi connectivity index (χ1) is 11.3. The van der Waals surface area contributed by atoms with Crippen LogP contribution in [0.15, 0.2) is 24.3 Å². The number of aliphatic hydroxyl groups is 1. The predicted octanol–water partition coefficient (Wildman–Crippen LogP) is 3.08. The van der Waals surface area contributed by atoms with E-state index in [4.69, 9.17) is 0 Å². The number of halogens is 3. The van der Waals surface area contributed by atoms with Gasteiger partial charge in [-0.15, -0.1) is 13.2 Å². The molecule has 0 aromatic heterocycles. The molecule has 0 amide bonds. The Labute approximate surface area is 140 Å². The number of alkyl halides is 3. The van der Waals surface area contributed by atoms with Crippen molar-refractivity contribution in [3.8, 4) is 5.75 Å². The maximum absolute atomic E-state index is 12.5. The molecule has 1 aromatic carbocycles. The standard InChI is InChI=1S/C17H25F3N2O2/c1-13(15-5-2-3-6-16(15)24-17(18,19)20)21-9-4-10-22-11-7-14(23)8-12-22/h2-3,5-6,13-14,21,23H,4,7-12H2,1H3. The number of hydrogen-bond acceptors (Lipinski definition) is 4. The van der Waals surface area contributed by atoms with Crippen LogP contribution in [0, 0.1) is 0 Å². The molecule has 1 unspecified atom stereocenters. The number of piperidine rings is 1. The molecule has 1 aliphatic rings. The predicted molar refractivity (Wildman–Crippen MR) is 85.8 cm³/mol. The van der Waals surface area contributed by atoms with Gasteiger partial charge in [-0.3, -0.25) is 0 Å². The first-order valence-corrected chi connectivity index (χ1v) is 8.33. The van der Waals surface area contributed by atoms with Crippen LogP contribution in [0.2, 0.25) is 0 Å². The lowest BCUT2D eigenvalue weighted by molar-refractivity contribution is -0.275. The van der Waals surface area contributed by atoms with Gasteiger partial charge in [-0.1, -0.05) is 18.2 Å². The number of hydrogen-bond donors (Lipinski definition) is 2. The maximum atomic E-state index is 12.5. The first kappa shape index (κ1) is 19.0. The van der Waals surface area contributed by atoms with Crippen LogP contribution >= 0.6 is 0 Å². The van der Waals surface area contributed by atoms with Gasteiger partial charge in [0.2, 0.25) is 0 Å². The van der Waals surface area contributed by atoms with Crippen molar-refractivity contribution in [2.45, 2.75) is 44.7 Å². The van der Waals surface area contributed by atoms with Crippen LogP contribution in [0.3, 0.4) is 0 Å². The summed E-state index contributed by atoms with van der Waals surface area (Å²) in [7, 11) is 0. The molecular weight excluding hydrogens is 321 g/mol. The Bertz CT molecular complexity index is 503. The molecule has 0 aliphatic carbocycles. The van der Waals surface area contributed by atoms with Gasteiger partial charge in [0, 0.05) is 24.7 Å². The summed E-state index contributed by atoms with van der Waals surface area (Å²) >= 11 is 0. The van der Waals surface area contributed by atoms with Crippen molar-refractivity contribution in [3.63, 3.8) is 0 Å². The van der Waals surface area contributed by atoms with Crippen molar-refractivity contribution in [1.29, 1.82) is 0 Å². The molecule has 0 radical (unpaired) electrons. The lowest BCUT2D eigenvalue weighted by Crippen LogP contribution is -2.37. The summed E-state index contributed by atoms with van der Waals surface area (Å²) in [6.07, 6.45) is -2.33. The molecule has 1 atom stereocenters. The van der Waals surface area contributed by atoms with Gasteiger partial charge in [0.1, 0.15) is 5.75 Å². The van der Waals surface area contributed by atoms with Crippen molar-refractivity contribution in [3.05, 3.63) is 29.8 Å². The van der Waals surface area contributed by atoms with E-state index in [1.807, 2.05) is 6.92 Å². The number of rotatable bonds is 7. The Morgan fingerprint density at radius 1 is 1.29 bits per heavy atom. The fourth-order valence-corrected chi connectivity index (χ4v) is 2.93. The highest BCUT2D eigenvalue weighted by atomic mass is 19.4. The summed E-state index contributed by atoms with van der Waals surface area (Å²) in [6.45, 7) is 5.27. The molecule has 7 heteroatoms. The van der Waals surface area contributed by atoms with Gasteiger partial charge in [-0.2, -0.15) is 0 Å². The second-order valence-corrected chi connectivity index (χ2v) is 6.19. The lowest BCUT2D eigenvalue weighted by Gasteiger charge is -2.29. The van der Waals surface area contributed by atoms with Gasteiger partial charge in [0.15, 0.2) is 0 Å². The van der Waals surface area contributed by atoms with Gasteiger partial charge in [-0.05, 0) is 45.3 Å². The van der Waals surface area contributed by atoms with Crippen LogP contribution in [0.25, 0.3) is 0 Å². The molecule has 0 spiro atoms. The Morgan fingerprint density at radius 2 is 1.96 bits per heavy atom. The zero-order valence-electron chi connectivity index (χ0n) is 13.9. The molecule has 2 rings (SSSR count). The fraction of sp³-hybridized carbons (Fsp3) is 0.647. The number of aliphatic hydroxyl groups excluding tert-OH is 1. The van der Waals surface area contributed by atoms with Crippen molar-refractivity contribution in [2.24, 2.45) is 0 Å². The Balaban J connectivity index is 1.77. The second-order valence-electron chi connectivity index (χ2n) is 6.19. The first-order valence-electron chi connectivity index (χ1n) is 8.33. The van der Waals surface area contributed by atoms with Gasteiger partial charge < -0.3 is 20.1 Å². The molecule has 1 aromatic rings. The van der Waals surface area contributed by atoms with Gasteiger partial charge >= 0.3 is 6.36 Å². The van der Waals surface area contributed by atoms with E-state index in [1.54, 1.807) is 12.1 Å². The number of para-hydroxylation sites is 1. The zero-order valence-corrected chi connectivity index (χ0v) is 13.9. The molecule has 1 heterocycles. The van der Waals surface area contributed by atoms with Crippen LogP contribution in [0.5, 0.6) is 5.75 Å². The maximum Gasteiger partial charge on any atom is 0.573 e. The van der Waals surface area contributed by atoms with E-state index in [9.17, 15) is 18.3 Å². The highest BCUT2D eigenvalue weighted by molar-refractivity contribution is 5.35. The molecule has 4 nitrogen and oxygen atoms in total. The second kappa shape index (κ2) is 8.69. The summed E-state index contributed by atoms with van der Waals surface area (Å²) in [5.74, 6) is -0.157. The SMILES string of the molecule is CC(NCCCN1CCC(O)CC1)c1ccccc1OC(F)(F)F. The van der Waals surface area contributed by atoms with Crippen LogP contribution in [-0.4, -0.2) is 48.7 Å². The number of benzene rings is 1. The molecule has 1 aliphatic heterocycles. The monoisotopic (exact) mass is 346 g/mol. The lowest BCUT2D eigenvalue weighted by atomic mass is 10.1. The van der Waals surface area contributed by atoms with Crippen LogP contribution < -0.4 is 10.1 Å². The van der Waals surface area contributed by atoms with Crippen molar-refractivity contribution in [2.75, 3.05) is 26.2 Å².